The highest BCUT2D eigenvalue weighted by Gasteiger charge is 2.37. The number of nitrogens with zero attached hydrogens (tertiary/aromatic N) is 4. The molecule has 1 atom stereocenters. The first-order chi connectivity index (χ1) is 10.1. The lowest BCUT2D eigenvalue weighted by Gasteiger charge is -2.49. The Morgan fingerprint density at radius 3 is 2.95 bits per heavy atom. The van der Waals surface area contributed by atoms with Gasteiger partial charge in [-0.15, -0.1) is 5.10 Å². The van der Waals surface area contributed by atoms with Gasteiger partial charge in [-0.25, -0.2) is 4.79 Å². The van der Waals surface area contributed by atoms with Crippen LogP contribution in [0.2, 0.25) is 0 Å². The second-order valence-electron chi connectivity index (χ2n) is 5.94. The molecule has 0 radical (unpaired) electrons. The molecule has 0 unspecified atom stereocenters. The highest BCUT2D eigenvalue weighted by atomic mass is 16.2. The molecule has 4 N–H and O–H groups in total. The molecule has 2 fully saturated rings. The molecule has 0 bridgehead atoms. The number of hydrogen-bond acceptors (Lipinski definition) is 5. The number of anilines is 1. The van der Waals surface area contributed by atoms with E-state index >= 15 is 0 Å². The van der Waals surface area contributed by atoms with Crippen molar-refractivity contribution in [1.82, 2.24) is 30.3 Å². The Balaban J connectivity index is 1.42. The molecule has 0 saturated carbocycles. The lowest BCUT2D eigenvalue weighted by Crippen LogP contribution is -2.64. The number of rotatable bonds is 3. The molecule has 8 heteroatoms. The summed E-state index contributed by atoms with van der Waals surface area (Å²) in [6.45, 7) is 5.41. The van der Waals surface area contributed by atoms with Gasteiger partial charge in [0.2, 0.25) is 5.95 Å². The van der Waals surface area contributed by atoms with Crippen LogP contribution in [-0.4, -0.2) is 62.7 Å². The Kier molecular flexibility index (Phi) is 3.96. The van der Waals surface area contributed by atoms with Crippen molar-refractivity contribution in [3.05, 3.63) is 5.82 Å². The maximum absolute atomic E-state index is 12.0. The normalized spacial score (nSPS) is 23.9. The molecule has 3 rings (SSSR count). The first-order valence-corrected chi connectivity index (χ1v) is 7.59. The van der Waals surface area contributed by atoms with Gasteiger partial charge in [0.05, 0.1) is 6.54 Å². The number of nitrogens with one attached hydrogen (secondary N) is 2. The zero-order valence-electron chi connectivity index (χ0n) is 12.4. The van der Waals surface area contributed by atoms with Crippen molar-refractivity contribution in [1.29, 1.82) is 0 Å². The van der Waals surface area contributed by atoms with E-state index in [0.717, 1.165) is 13.1 Å². The standard InChI is InChI=1S/C13H23N7O/c1-9-4-2-3-5-20(9)10-7-19(8-10)13(21)15-6-11-16-12(14)18-17-11/h9-10H,2-8H2,1H3,(H,15,21)(H3,14,16,17,18)/t9-/m0/s1. The molecule has 116 valence electrons. The van der Waals surface area contributed by atoms with Gasteiger partial charge in [0.1, 0.15) is 5.82 Å². The molecule has 2 aliphatic rings. The zero-order chi connectivity index (χ0) is 14.8. The average Bonchev–Trinajstić information content (AvgIpc) is 2.83. The second kappa shape index (κ2) is 5.88. The maximum Gasteiger partial charge on any atom is 0.317 e. The van der Waals surface area contributed by atoms with E-state index in [1.165, 1.54) is 25.8 Å². The Labute approximate surface area is 124 Å². The first-order valence-electron chi connectivity index (χ1n) is 7.59. The fourth-order valence-corrected chi connectivity index (χ4v) is 3.15. The van der Waals surface area contributed by atoms with Crippen LogP contribution in [0.4, 0.5) is 10.7 Å². The third kappa shape index (κ3) is 3.10. The monoisotopic (exact) mass is 293 g/mol. The van der Waals surface area contributed by atoms with Crippen molar-refractivity contribution in [2.75, 3.05) is 25.4 Å². The Hall–Kier alpha value is -1.83. The summed E-state index contributed by atoms with van der Waals surface area (Å²) in [6, 6.07) is 1.11. The second-order valence-corrected chi connectivity index (χ2v) is 5.94. The molecule has 2 amide bonds. The molecule has 8 nitrogen and oxygen atoms in total. The average molecular weight is 293 g/mol. The van der Waals surface area contributed by atoms with Crippen LogP contribution in [0.5, 0.6) is 0 Å². The fourth-order valence-electron chi connectivity index (χ4n) is 3.15. The number of aromatic nitrogens is 3. The van der Waals surface area contributed by atoms with Gasteiger partial charge in [0, 0.05) is 25.2 Å². The molecule has 21 heavy (non-hydrogen) atoms. The van der Waals surface area contributed by atoms with Crippen LogP contribution < -0.4 is 11.1 Å². The van der Waals surface area contributed by atoms with E-state index in [4.69, 9.17) is 5.73 Å². The molecular formula is C13H23N7O. The number of likely N-dealkylation sites (tertiary alicyclic amines) is 2. The number of nitrogen functional groups attached to an aromatic ring is 1. The van der Waals surface area contributed by atoms with E-state index < -0.39 is 0 Å². The van der Waals surface area contributed by atoms with Crippen LogP contribution in [0.15, 0.2) is 0 Å². The number of carbonyl (C=O) groups excluding carboxylic acids is 1. The minimum absolute atomic E-state index is 0.0501. The number of H-pyrrole nitrogens is 1. The van der Waals surface area contributed by atoms with Gasteiger partial charge in [-0.2, -0.15) is 4.98 Å². The van der Waals surface area contributed by atoms with Crippen LogP contribution in [0.25, 0.3) is 0 Å². The van der Waals surface area contributed by atoms with Crippen molar-refractivity contribution in [2.45, 2.75) is 44.8 Å². The number of piperidine rings is 1. The SMILES string of the molecule is C[C@H]1CCCCN1C1CN(C(=O)NCc2nc(N)n[nH]2)C1. The predicted octanol–water partition coefficient (Wildman–Crippen LogP) is 0.155. The maximum atomic E-state index is 12.0. The summed E-state index contributed by atoms with van der Waals surface area (Å²) in [7, 11) is 0. The Bertz CT molecular complexity index is 496. The number of amides is 2. The van der Waals surface area contributed by atoms with Gasteiger partial charge in [0.15, 0.2) is 0 Å². The van der Waals surface area contributed by atoms with Crippen molar-refractivity contribution in [2.24, 2.45) is 0 Å². The number of urea groups is 1. The van der Waals surface area contributed by atoms with Crippen LogP contribution in [-0.2, 0) is 6.54 Å². The zero-order valence-corrected chi connectivity index (χ0v) is 12.4. The number of carbonyl (C=O) groups is 1. The summed E-state index contributed by atoms with van der Waals surface area (Å²) in [4.78, 5) is 20.4. The number of hydrogen-bond donors (Lipinski definition) is 3. The first kappa shape index (κ1) is 14.1. The Morgan fingerprint density at radius 1 is 1.48 bits per heavy atom. The summed E-state index contributed by atoms with van der Waals surface area (Å²) < 4.78 is 0. The minimum atomic E-state index is -0.0501. The summed E-state index contributed by atoms with van der Waals surface area (Å²) >= 11 is 0. The molecule has 2 aliphatic heterocycles. The summed E-state index contributed by atoms with van der Waals surface area (Å²) in [5, 5.41) is 9.23. The lowest BCUT2D eigenvalue weighted by molar-refractivity contribution is 0.0168. The van der Waals surface area contributed by atoms with Crippen LogP contribution in [0.1, 0.15) is 32.0 Å². The molecule has 1 aromatic heterocycles. The smallest absolute Gasteiger partial charge is 0.317 e. The van der Waals surface area contributed by atoms with E-state index in [1.54, 1.807) is 0 Å². The van der Waals surface area contributed by atoms with E-state index in [1.807, 2.05) is 4.90 Å². The van der Waals surface area contributed by atoms with E-state index in [2.05, 4.69) is 32.3 Å². The fraction of sp³-hybridized carbons (Fsp3) is 0.769. The van der Waals surface area contributed by atoms with Crippen molar-refractivity contribution >= 4 is 12.0 Å². The predicted molar refractivity (Wildman–Crippen MR) is 78.4 cm³/mol. The molecule has 0 spiro atoms. The van der Waals surface area contributed by atoms with Crippen LogP contribution in [0, 0.1) is 0 Å². The summed E-state index contributed by atoms with van der Waals surface area (Å²) in [6.07, 6.45) is 3.88. The lowest BCUT2D eigenvalue weighted by atomic mass is 9.98. The third-order valence-corrected chi connectivity index (χ3v) is 4.43. The number of aromatic amines is 1. The molecule has 2 saturated heterocycles. The summed E-state index contributed by atoms with van der Waals surface area (Å²) in [5.41, 5.74) is 5.41. The quantitative estimate of drug-likeness (QED) is 0.736. The van der Waals surface area contributed by atoms with Gasteiger partial charge >= 0.3 is 6.03 Å². The molecule has 0 aromatic carbocycles. The third-order valence-electron chi connectivity index (χ3n) is 4.43. The largest absolute Gasteiger partial charge is 0.367 e. The van der Waals surface area contributed by atoms with Gasteiger partial charge in [-0.05, 0) is 26.3 Å². The van der Waals surface area contributed by atoms with Gasteiger partial charge in [-0.1, -0.05) is 6.42 Å². The highest BCUT2D eigenvalue weighted by Crippen LogP contribution is 2.24. The highest BCUT2D eigenvalue weighted by molar-refractivity contribution is 5.75. The van der Waals surface area contributed by atoms with Gasteiger partial charge in [0.25, 0.3) is 0 Å². The van der Waals surface area contributed by atoms with Crippen LogP contribution >= 0.6 is 0 Å². The molecular weight excluding hydrogens is 270 g/mol. The molecule has 0 aliphatic carbocycles. The molecule has 3 heterocycles. The van der Waals surface area contributed by atoms with Crippen molar-refractivity contribution in [3.63, 3.8) is 0 Å². The molecule has 1 aromatic rings. The number of nitrogens with two attached hydrogens (primary N) is 1. The topological polar surface area (TPSA) is 103 Å². The van der Waals surface area contributed by atoms with Gasteiger partial charge in [-0.3, -0.25) is 10.00 Å². The van der Waals surface area contributed by atoms with E-state index in [-0.39, 0.29) is 12.0 Å². The van der Waals surface area contributed by atoms with E-state index in [9.17, 15) is 4.79 Å². The van der Waals surface area contributed by atoms with E-state index in [0.29, 0.717) is 24.5 Å². The van der Waals surface area contributed by atoms with Crippen LogP contribution in [0.3, 0.4) is 0 Å². The summed E-state index contributed by atoms with van der Waals surface area (Å²) in [5.74, 6) is 0.768. The van der Waals surface area contributed by atoms with Gasteiger partial charge < -0.3 is 16.0 Å². The van der Waals surface area contributed by atoms with Crippen molar-refractivity contribution in [3.8, 4) is 0 Å². The minimum Gasteiger partial charge on any atom is -0.367 e. The Morgan fingerprint density at radius 2 is 2.29 bits per heavy atom. The van der Waals surface area contributed by atoms with Crippen molar-refractivity contribution < 1.29 is 4.79 Å².